The van der Waals surface area contributed by atoms with Gasteiger partial charge in [-0.05, 0) is 49.9 Å². The fourth-order valence-electron chi connectivity index (χ4n) is 3.12. The van der Waals surface area contributed by atoms with Gasteiger partial charge in [0.2, 0.25) is 5.91 Å². The smallest absolute Gasteiger partial charge is 0.260 e. The van der Waals surface area contributed by atoms with Crippen molar-refractivity contribution in [1.82, 2.24) is 5.16 Å². The minimum absolute atomic E-state index is 0.0285. The number of carbonyl (C=O) groups excluding carboxylic acids is 2. The Kier molecular flexibility index (Phi) is 5.14. The van der Waals surface area contributed by atoms with E-state index in [1.54, 1.807) is 31.2 Å². The van der Waals surface area contributed by atoms with Crippen LogP contribution in [0, 0.1) is 12.8 Å². The molecule has 2 amide bonds. The summed E-state index contributed by atoms with van der Waals surface area (Å²) in [4.78, 5) is 24.2. The van der Waals surface area contributed by atoms with Gasteiger partial charge in [0.05, 0.1) is 6.20 Å². The molecule has 7 heteroatoms. The van der Waals surface area contributed by atoms with E-state index in [0.29, 0.717) is 29.1 Å². The van der Waals surface area contributed by atoms with Crippen molar-refractivity contribution in [2.45, 2.75) is 38.6 Å². The molecule has 7 nitrogen and oxygen atoms in total. The second kappa shape index (κ2) is 7.48. The Morgan fingerprint density at radius 2 is 1.88 bits per heavy atom. The highest BCUT2D eigenvalue weighted by molar-refractivity contribution is 6.04. The van der Waals surface area contributed by atoms with Crippen molar-refractivity contribution < 1.29 is 14.1 Å². The summed E-state index contributed by atoms with van der Waals surface area (Å²) >= 11 is 0. The van der Waals surface area contributed by atoms with Crippen molar-refractivity contribution in [3.05, 3.63) is 41.8 Å². The minimum Gasteiger partial charge on any atom is -0.361 e. The molecule has 4 N–H and O–H groups in total. The van der Waals surface area contributed by atoms with Gasteiger partial charge in [-0.1, -0.05) is 11.6 Å². The van der Waals surface area contributed by atoms with E-state index >= 15 is 0 Å². The van der Waals surface area contributed by atoms with Crippen molar-refractivity contribution >= 4 is 23.2 Å². The van der Waals surface area contributed by atoms with Crippen LogP contribution in [0.3, 0.4) is 0 Å². The molecule has 0 saturated heterocycles. The lowest BCUT2D eigenvalue weighted by Crippen LogP contribution is -2.28. The van der Waals surface area contributed by atoms with Gasteiger partial charge in [-0.3, -0.25) is 9.59 Å². The summed E-state index contributed by atoms with van der Waals surface area (Å²) in [5.74, 6) is 0.418. The topological polar surface area (TPSA) is 110 Å². The van der Waals surface area contributed by atoms with Crippen molar-refractivity contribution in [2.75, 3.05) is 10.6 Å². The van der Waals surface area contributed by atoms with Gasteiger partial charge in [0.25, 0.3) is 5.91 Å². The molecule has 1 aromatic heterocycles. The molecule has 0 spiro atoms. The minimum atomic E-state index is -0.286. The van der Waals surface area contributed by atoms with Crippen LogP contribution in [-0.4, -0.2) is 23.0 Å². The molecule has 0 aliphatic heterocycles. The number of aromatic nitrogens is 1. The summed E-state index contributed by atoms with van der Waals surface area (Å²) in [5.41, 5.74) is 7.72. The SMILES string of the molecule is Cc1oncc1C(=O)Nc1ccc(NC(=O)C[C@@H]2CCC[C@H]2N)cc1. The molecule has 2 aromatic rings. The predicted octanol–water partition coefficient (Wildman–Crippen LogP) is 2.69. The van der Waals surface area contributed by atoms with Crippen molar-refractivity contribution in [3.63, 3.8) is 0 Å². The van der Waals surface area contributed by atoms with Gasteiger partial charge in [0.1, 0.15) is 11.3 Å². The van der Waals surface area contributed by atoms with E-state index < -0.39 is 0 Å². The number of nitrogens with two attached hydrogens (primary N) is 1. The lowest BCUT2D eigenvalue weighted by atomic mass is 10.00. The molecule has 2 atom stereocenters. The number of hydrogen-bond donors (Lipinski definition) is 3. The Balaban J connectivity index is 1.54. The first kappa shape index (κ1) is 17.2. The number of hydrogen-bond acceptors (Lipinski definition) is 5. The molecule has 1 aliphatic carbocycles. The molecule has 3 rings (SSSR count). The van der Waals surface area contributed by atoms with Crippen LogP contribution < -0.4 is 16.4 Å². The maximum Gasteiger partial charge on any atom is 0.260 e. The summed E-state index contributed by atoms with van der Waals surface area (Å²) < 4.78 is 4.88. The van der Waals surface area contributed by atoms with Crippen LogP contribution in [-0.2, 0) is 4.79 Å². The fourth-order valence-corrected chi connectivity index (χ4v) is 3.12. The Morgan fingerprint density at radius 3 is 2.44 bits per heavy atom. The quantitative estimate of drug-likeness (QED) is 0.774. The molecule has 1 saturated carbocycles. The number of carbonyl (C=O) groups is 2. The van der Waals surface area contributed by atoms with E-state index in [2.05, 4.69) is 15.8 Å². The van der Waals surface area contributed by atoms with Gasteiger partial charge < -0.3 is 20.9 Å². The van der Waals surface area contributed by atoms with Gasteiger partial charge in [-0.15, -0.1) is 0 Å². The highest BCUT2D eigenvalue weighted by Gasteiger charge is 2.26. The summed E-state index contributed by atoms with van der Waals surface area (Å²) in [5, 5.41) is 9.22. The number of amides is 2. The van der Waals surface area contributed by atoms with Gasteiger partial charge >= 0.3 is 0 Å². The van der Waals surface area contributed by atoms with Gasteiger partial charge in [-0.25, -0.2) is 0 Å². The van der Waals surface area contributed by atoms with Crippen LogP contribution in [0.1, 0.15) is 41.8 Å². The van der Waals surface area contributed by atoms with Crippen molar-refractivity contribution in [1.29, 1.82) is 0 Å². The molecule has 1 aliphatic rings. The van der Waals surface area contributed by atoms with Crippen LogP contribution in [0.2, 0.25) is 0 Å². The molecule has 1 heterocycles. The molecule has 1 aromatic carbocycles. The third-order valence-electron chi connectivity index (χ3n) is 4.59. The van der Waals surface area contributed by atoms with Crippen molar-refractivity contribution in [3.8, 4) is 0 Å². The highest BCUT2D eigenvalue weighted by atomic mass is 16.5. The molecular formula is C18H22N4O3. The van der Waals surface area contributed by atoms with E-state index in [-0.39, 0.29) is 23.8 Å². The first-order valence-corrected chi connectivity index (χ1v) is 8.41. The third-order valence-corrected chi connectivity index (χ3v) is 4.59. The van der Waals surface area contributed by atoms with E-state index in [9.17, 15) is 9.59 Å². The van der Waals surface area contributed by atoms with E-state index in [0.717, 1.165) is 19.3 Å². The molecule has 0 unspecified atom stereocenters. The Hall–Kier alpha value is -2.67. The zero-order valence-electron chi connectivity index (χ0n) is 14.1. The predicted molar refractivity (Wildman–Crippen MR) is 94.2 cm³/mol. The molecule has 25 heavy (non-hydrogen) atoms. The van der Waals surface area contributed by atoms with Crippen LogP contribution in [0.25, 0.3) is 0 Å². The van der Waals surface area contributed by atoms with Gasteiger partial charge in [-0.2, -0.15) is 0 Å². The number of anilines is 2. The Morgan fingerprint density at radius 1 is 1.20 bits per heavy atom. The van der Waals surface area contributed by atoms with E-state index in [1.165, 1.54) is 6.20 Å². The zero-order chi connectivity index (χ0) is 17.8. The van der Waals surface area contributed by atoms with Gasteiger partial charge in [0.15, 0.2) is 0 Å². The number of benzene rings is 1. The van der Waals surface area contributed by atoms with E-state index in [1.807, 2.05) is 0 Å². The maximum absolute atomic E-state index is 12.1. The summed E-state index contributed by atoms with van der Waals surface area (Å²) in [7, 11) is 0. The van der Waals surface area contributed by atoms with Gasteiger partial charge in [0, 0.05) is 23.8 Å². The largest absolute Gasteiger partial charge is 0.361 e. The molecule has 1 fully saturated rings. The fraction of sp³-hybridized carbons (Fsp3) is 0.389. The lowest BCUT2D eigenvalue weighted by molar-refractivity contribution is -0.117. The number of nitrogens with zero attached hydrogens (tertiary/aromatic N) is 1. The highest BCUT2D eigenvalue weighted by Crippen LogP contribution is 2.27. The van der Waals surface area contributed by atoms with Crippen LogP contribution in [0.15, 0.2) is 35.0 Å². The zero-order valence-corrected chi connectivity index (χ0v) is 14.1. The Bertz CT molecular complexity index is 754. The van der Waals surface area contributed by atoms with Crippen molar-refractivity contribution in [2.24, 2.45) is 11.7 Å². The maximum atomic E-state index is 12.1. The summed E-state index contributed by atoms with van der Waals surface area (Å²) in [6.07, 6.45) is 4.94. The standard InChI is InChI=1S/C18H22N4O3/c1-11-15(10-20-25-11)18(24)22-14-7-5-13(6-8-14)21-17(23)9-12-3-2-4-16(12)19/h5-8,10,12,16H,2-4,9,19H2,1H3,(H,21,23)(H,22,24)/t12-,16+/m0/s1. The summed E-state index contributed by atoms with van der Waals surface area (Å²) in [6.45, 7) is 1.68. The number of rotatable bonds is 5. The molecule has 132 valence electrons. The van der Waals surface area contributed by atoms with Crippen LogP contribution in [0.4, 0.5) is 11.4 Å². The normalized spacial score (nSPS) is 19.6. The lowest BCUT2D eigenvalue weighted by Gasteiger charge is -2.15. The molecule has 0 bridgehead atoms. The van der Waals surface area contributed by atoms with Crippen LogP contribution in [0.5, 0.6) is 0 Å². The number of aryl methyl sites for hydroxylation is 1. The first-order valence-electron chi connectivity index (χ1n) is 8.41. The molecular weight excluding hydrogens is 320 g/mol. The first-order chi connectivity index (χ1) is 12.0. The van der Waals surface area contributed by atoms with E-state index in [4.69, 9.17) is 10.3 Å². The third kappa shape index (κ3) is 4.24. The summed E-state index contributed by atoms with van der Waals surface area (Å²) in [6, 6.07) is 7.10. The number of nitrogens with one attached hydrogen (secondary N) is 2. The Labute approximate surface area is 145 Å². The average molecular weight is 342 g/mol. The molecule has 0 radical (unpaired) electrons. The second-order valence-electron chi connectivity index (χ2n) is 6.43. The van der Waals surface area contributed by atoms with Crippen LogP contribution >= 0.6 is 0 Å². The second-order valence-corrected chi connectivity index (χ2v) is 6.43. The monoisotopic (exact) mass is 342 g/mol. The average Bonchev–Trinajstić information content (AvgIpc) is 3.18.